The van der Waals surface area contributed by atoms with Gasteiger partial charge >= 0.3 is 0 Å². The minimum atomic E-state index is -1.03. The van der Waals surface area contributed by atoms with E-state index in [2.05, 4.69) is 5.32 Å². The van der Waals surface area contributed by atoms with Crippen molar-refractivity contribution in [1.82, 2.24) is 0 Å². The van der Waals surface area contributed by atoms with Crippen LogP contribution < -0.4 is 5.32 Å². The Morgan fingerprint density at radius 1 is 1.69 bits per heavy atom. The van der Waals surface area contributed by atoms with E-state index in [4.69, 9.17) is 9.52 Å². The van der Waals surface area contributed by atoms with Gasteiger partial charge in [0.2, 0.25) is 5.91 Å². The fourth-order valence-electron chi connectivity index (χ4n) is 0.955. The quantitative estimate of drug-likeness (QED) is 0.631. The molecule has 1 aromatic rings. The number of amides is 1. The highest BCUT2D eigenvalue weighted by Crippen LogP contribution is 2.23. The first-order chi connectivity index (χ1) is 6.15. The van der Waals surface area contributed by atoms with Crippen molar-refractivity contribution >= 4 is 11.6 Å². The Hall–Kier alpha value is -1.33. The van der Waals surface area contributed by atoms with Gasteiger partial charge in [0.25, 0.3) is 0 Å². The van der Waals surface area contributed by atoms with Crippen molar-refractivity contribution in [1.29, 1.82) is 0 Å². The van der Waals surface area contributed by atoms with Crippen LogP contribution in [0.1, 0.15) is 18.6 Å². The zero-order chi connectivity index (χ0) is 9.84. The molecule has 1 unspecified atom stereocenters. The molecule has 1 aromatic heterocycles. The number of furan rings is 1. The fraction of sp³-hybridized carbons (Fsp3) is 0.375. The van der Waals surface area contributed by atoms with Crippen molar-refractivity contribution in [2.75, 3.05) is 11.9 Å². The number of carbonyl (C=O) groups excluding carboxylic acids is 1. The van der Waals surface area contributed by atoms with Crippen molar-refractivity contribution in [2.45, 2.75) is 13.0 Å². The molecule has 5 nitrogen and oxygen atoms in total. The predicted molar refractivity (Wildman–Crippen MR) is 45.1 cm³/mol. The van der Waals surface area contributed by atoms with Crippen molar-refractivity contribution in [3.63, 3.8) is 0 Å². The molecule has 0 aromatic carbocycles. The molecule has 72 valence electrons. The maximum absolute atomic E-state index is 10.7. The first-order valence-corrected chi connectivity index (χ1v) is 3.77. The predicted octanol–water partition coefficient (Wildman–Crippen LogP) is 0.264. The van der Waals surface area contributed by atoms with E-state index in [1.54, 1.807) is 0 Å². The van der Waals surface area contributed by atoms with Crippen molar-refractivity contribution < 1.29 is 19.4 Å². The van der Waals surface area contributed by atoms with Gasteiger partial charge in [-0.3, -0.25) is 4.79 Å². The second-order valence-corrected chi connectivity index (χ2v) is 2.62. The van der Waals surface area contributed by atoms with Gasteiger partial charge in [0.05, 0.1) is 18.6 Å². The number of hydrogen-bond acceptors (Lipinski definition) is 4. The molecule has 0 aliphatic carbocycles. The Kier molecular flexibility index (Phi) is 3.05. The third-order valence-electron chi connectivity index (χ3n) is 1.53. The van der Waals surface area contributed by atoms with Crippen LogP contribution in [0.25, 0.3) is 0 Å². The molecule has 1 atom stereocenters. The summed E-state index contributed by atoms with van der Waals surface area (Å²) in [6.07, 6.45) is 1.56. The van der Waals surface area contributed by atoms with Crippen molar-refractivity contribution in [3.8, 4) is 0 Å². The topological polar surface area (TPSA) is 82.7 Å². The molecule has 0 fully saturated rings. The summed E-state index contributed by atoms with van der Waals surface area (Å²) in [7, 11) is 0. The van der Waals surface area contributed by atoms with E-state index in [9.17, 15) is 9.90 Å². The summed E-state index contributed by atoms with van der Waals surface area (Å²) in [5.74, 6) is -0.257. The van der Waals surface area contributed by atoms with Crippen LogP contribution in [-0.2, 0) is 4.79 Å². The van der Waals surface area contributed by atoms with Crippen LogP contribution in [-0.4, -0.2) is 22.7 Å². The fourth-order valence-corrected chi connectivity index (χ4v) is 0.955. The van der Waals surface area contributed by atoms with Gasteiger partial charge in [0, 0.05) is 12.5 Å². The third-order valence-corrected chi connectivity index (χ3v) is 1.53. The first kappa shape index (κ1) is 9.76. The zero-order valence-electron chi connectivity index (χ0n) is 7.15. The van der Waals surface area contributed by atoms with Gasteiger partial charge in [0.15, 0.2) is 0 Å². The molecule has 0 bridgehead atoms. The Morgan fingerprint density at radius 3 is 2.92 bits per heavy atom. The lowest BCUT2D eigenvalue weighted by Gasteiger charge is -2.06. The Morgan fingerprint density at radius 2 is 2.38 bits per heavy atom. The van der Waals surface area contributed by atoms with Crippen molar-refractivity contribution in [2.24, 2.45) is 0 Å². The van der Waals surface area contributed by atoms with Gasteiger partial charge < -0.3 is 19.9 Å². The lowest BCUT2D eigenvalue weighted by atomic mass is 10.2. The Labute approximate surface area is 75.0 Å². The number of rotatable bonds is 3. The first-order valence-electron chi connectivity index (χ1n) is 3.77. The second-order valence-electron chi connectivity index (χ2n) is 2.62. The molecule has 0 spiro atoms. The summed E-state index contributed by atoms with van der Waals surface area (Å²) in [6, 6.07) is 0. The smallest absolute Gasteiger partial charge is 0.221 e. The van der Waals surface area contributed by atoms with Gasteiger partial charge in [-0.05, 0) is 0 Å². The molecule has 0 aliphatic heterocycles. The van der Waals surface area contributed by atoms with Crippen LogP contribution in [0.5, 0.6) is 0 Å². The van der Waals surface area contributed by atoms with Crippen LogP contribution >= 0.6 is 0 Å². The van der Waals surface area contributed by atoms with E-state index in [1.807, 2.05) is 0 Å². The average Bonchev–Trinajstić information content (AvgIpc) is 2.50. The summed E-state index contributed by atoms with van der Waals surface area (Å²) in [5.41, 5.74) is 0.756. The van der Waals surface area contributed by atoms with Gasteiger partial charge in [0.1, 0.15) is 12.4 Å². The summed E-state index contributed by atoms with van der Waals surface area (Å²) in [6.45, 7) is 0.939. The molecule has 1 rings (SSSR count). The van der Waals surface area contributed by atoms with E-state index in [0.717, 1.165) is 0 Å². The molecular weight excluding hydrogens is 174 g/mol. The lowest BCUT2D eigenvalue weighted by Crippen LogP contribution is -2.09. The van der Waals surface area contributed by atoms with Gasteiger partial charge in [-0.15, -0.1) is 0 Å². The van der Waals surface area contributed by atoms with E-state index < -0.39 is 12.7 Å². The molecule has 5 heteroatoms. The minimum absolute atomic E-state index is 0.257. The number of nitrogens with one attached hydrogen (secondary N) is 1. The van der Waals surface area contributed by atoms with Crippen LogP contribution in [0.3, 0.4) is 0 Å². The highest BCUT2D eigenvalue weighted by Gasteiger charge is 2.14. The van der Waals surface area contributed by atoms with Crippen LogP contribution in [0.4, 0.5) is 5.69 Å². The highest BCUT2D eigenvalue weighted by atomic mass is 16.3. The molecule has 13 heavy (non-hydrogen) atoms. The van der Waals surface area contributed by atoms with Crippen LogP contribution in [0, 0.1) is 0 Å². The van der Waals surface area contributed by atoms with Crippen LogP contribution in [0.15, 0.2) is 16.9 Å². The van der Waals surface area contributed by atoms with E-state index in [1.165, 1.54) is 19.5 Å². The molecular formula is C8H11NO4. The van der Waals surface area contributed by atoms with Crippen LogP contribution in [0.2, 0.25) is 0 Å². The SMILES string of the molecule is CC(=O)Nc1cocc1C(O)CO. The number of carbonyl (C=O) groups is 1. The summed E-state index contributed by atoms with van der Waals surface area (Å²) in [4.78, 5) is 10.7. The van der Waals surface area contributed by atoms with E-state index in [-0.39, 0.29) is 5.91 Å². The summed E-state index contributed by atoms with van der Waals surface area (Å²) in [5, 5.41) is 20.4. The third kappa shape index (κ3) is 2.30. The highest BCUT2D eigenvalue weighted by molar-refractivity contribution is 5.89. The molecule has 0 radical (unpaired) electrons. The standard InChI is InChI=1S/C8H11NO4/c1-5(11)9-7-4-13-3-6(7)8(12)2-10/h3-4,8,10,12H,2H2,1H3,(H,9,11). The molecule has 3 N–H and O–H groups in total. The van der Waals surface area contributed by atoms with Crippen molar-refractivity contribution in [3.05, 3.63) is 18.1 Å². The Balaban J connectivity index is 2.82. The van der Waals surface area contributed by atoms with Gasteiger partial charge in [-0.2, -0.15) is 0 Å². The number of aliphatic hydroxyl groups excluding tert-OH is 2. The number of hydrogen-bond donors (Lipinski definition) is 3. The molecule has 0 saturated heterocycles. The lowest BCUT2D eigenvalue weighted by molar-refractivity contribution is -0.114. The zero-order valence-corrected chi connectivity index (χ0v) is 7.15. The molecule has 0 aliphatic rings. The number of aliphatic hydroxyl groups is 2. The van der Waals surface area contributed by atoms with Gasteiger partial charge in [-0.25, -0.2) is 0 Å². The minimum Gasteiger partial charge on any atom is -0.470 e. The Bertz CT molecular complexity index is 294. The maximum Gasteiger partial charge on any atom is 0.221 e. The second kappa shape index (κ2) is 4.06. The normalized spacial score (nSPS) is 12.5. The monoisotopic (exact) mass is 185 g/mol. The molecule has 1 amide bonds. The number of anilines is 1. The summed E-state index contributed by atoms with van der Waals surface area (Å²) < 4.78 is 4.78. The van der Waals surface area contributed by atoms with Gasteiger partial charge in [-0.1, -0.05) is 0 Å². The molecule has 1 heterocycles. The molecule has 0 saturated carbocycles. The van der Waals surface area contributed by atoms with E-state index >= 15 is 0 Å². The average molecular weight is 185 g/mol. The maximum atomic E-state index is 10.7. The largest absolute Gasteiger partial charge is 0.470 e. The van der Waals surface area contributed by atoms with E-state index in [0.29, 0.717) is 11.3 Å². The summed E-state index contributed by atoms with van der Waals surface area (Å²) >= 11 is 0.